The van der Waals surface area contributed by atoms with Crippen LogP contribution in [0.2, 0.25) is 0 Å². The fourth-order valence-electron chi connectivity index (χ4n) is 3.11. The number of nitrogens with one attached hydrogen (secondary N) is 1. The Labute approximate surface area is 124 Å². The summed E-state index contributed by atoms with van der Waals surface area (Å²) in [5.74, 6) is -0.125. The zero-order valence-electron chi connectivity index (χ0n) is 12.3. The molecular weight excluding hydrogens is 266 g/mol. The van der Waals surface area contributed by atoms with Crippen molar-refractivity contribution in [2.75, 3.05) is 29.9 Å². The number of rotatable bonds is 2. The van der Waals surface area contributed by atoms with E-state index in [0.29, 0.717) is 18.3 Å². The topological polar surface area (TPSA) is 52.7 Å². The predicted octanol–water partition coefficient (Wildman–Crippen LogP) is 1.85. The molecule has 5 nitrogen and oxygen atoms in total. The van der Waals surface area contributed by atoms with Crippen molar-refractivity contribution in [1.29, 1.82) is 0 Å². The maximum Gasteiger partial charge on any atom is 0.244 e. The molecule has 1 aromatic carbocycles. The maximum absolute atomic E-state index is 12.6. The molecule has 0 aromatic heterocycles. The largest absolute Gasteiger partial charge is 0.323 e. The highest BCUT2D eigenvalue weighted by Gasteiger charge is 2.29. The number of anilines is 2. The number of nitrogens with zero attached hydrogens (tertiary/aromatic N) is 2. The van der Waals surface area contributed by atoms with E-state index in [2.05, 4.69) is 17.1 Å². The van der Waals surface area contributed by atoms with E-state index in [1.807, 2.05) is 24.3 Å². The monoisotopic (exact) mass is 287 g/mol. The van der Waals surface area contributed by atoms with Crippen LogP contribution >= 0.6 is 0 Å². The van der Waals surface area contributed by atoms with Gasteiger partial charge in [0.25, 0.3) is 0 Å². The molecule has 2 heterocycles. The Kier molecular flexibility index (Phi) is 3.92. The molecule has 1 aromatic rings. The Morgan fingerprint density at radius 1 is 1.33 bits per heavy atom. The number of piperidine rings is 1. The highest BCUT2D eigenvalue weighted by Crippen LogP contribution is 2.29. The van der Waals surface area contributed by atoms with Gasteiger partial charge in [-0.2, -0.15) is 0 Å². The molecule has 0 bridgehead atoms. The van der Waals surface area contributed by atoms with Gasteiger partial charge in [-0.25, -0.2) is 0 Å². The van der Waals surface area contributed by atoms with Crippen LogP contribution in [0.15, 0.2) is 24.3 Å². The minimum atomic E-state index is -0.131. The van der Waals surface area contributed by atoms with Crippen LogP contribution in [0.1, 0.15) is 26.2 Å². The van der Waals surface area contributed by atoms with Gasteiger partial charge in [0.2, 0.25) is 11.8 Å². The summed E-state index contributed by atoms with van der Waals surface area (Å²) in [5.41, 5.74) is 1.51. The van der Waals surface area contributed by atoms with Crippen molar-refractivity contribution in [3.63, 3.8) is 0 Å². The van der Waals surface area contributed by atoms with Gasteiger partial charge in [-0.05, 0) is 38.4 Å². The summed E-state index contributed by atoms with van der Waals surface area (Å²) in [6.45, 7) is 3.64. The smallest absolute Gasteiger partial charge is 0.244 e. The molecule has 112 valence electrons. The first-order valence-electron chi connectivity index (χ1n) is 7.58. The average Bonchev–Trinajstić information content (AvgIpc) is 2.48. The first kappa shape index (κ1) is 14.1. The summed E-state index contributed by atoms with van der Waals surface area (Å²) in [4.78, 5) is 28.2. The molecule has 21 heavy (non-hydrogen) atoms. The molecule has 1 fully saturated rings. The summed E-state index contributed by atoms with van der Waals surface area (Å²) >= 11 is 0. The van der Waals surface area contributed by atoms with Crippen molar-refractivity contribution in [2.45, 2.75) is 32.2 Å². The molecule has 2 aliphatic rings. The number of likely N-dealkylation sites (tertiary alicyclic amines) is 1. The Hall–Kier alpha value is -1.88. The lowest BCUT2D eigenvalue weighted by Crippen LogP contribution is -2.49. The van der Waals surface area contributed by atoms with Gasteiger partial charge in [-0.15, -0.1) is 0 Å². The highest BCUT2D eigenvalue weighted by molar-refractivity contribution is 6.10. The number of carbonyl (C=O) groups is 2. The third-order valence-electron chi connectivity index (χ3n) is 4.35. The fourth-order valence-corrected chi connectivity index (χ4v) is 3.11. The van der Waals surface area contributed by atoms with Gasteiger partial charge >= 0.3 is 0 Å². The van der Waals surface area contributed by atoms with E-state index in [1.54, 1.807) is 4.90 Å². The van der Waals surface area contributed by atoms with Crippen molar-refractivity contribution in [1.82, 2.24) is 4.90 Å². The summed E-state index contributed by atoms with van der Waals surface area (Å²) in [6.07, 6.45) is 3.53. The lowest BCUT2D eigenvalue weighted by molar-refractivity contribution is -0.123. The molecule has 1 unspecified atom stereocenters. The van der Waals surface area contributed by atoms with E-state index in [4.69, 9.17) is 0 Å². The Morgan fingerprint density at radius 2 is 2.14 bits per heavy atom. The molecule has 5 heteroatoms. The fraction of sp³-hybridized carbons (Fsp3) is 0.500. The normalized spacial score (nSPS) is 22.6. The number of fused-ring (bicyclic) bond motifs is 1. The molecular formula is C16H21N3O2. The molecule has 1 saturated heterocycles. The van der Waals surface area contributed by atoms with Crippen LogP contribution < -0.4 is 10.2 Å². The number of hydrogen-bond donors (Lipinski definition) is 1. The molecule has 2 aliphatic heterocycles. The van der Waals surface area contributed by atoms with Gasteiger partial charge in [0.15, 0.2) is 0 Å². The lowest BCUT2D eigenvalue weighted by atomic mass is 10.0. The average molecular weight is 287 g/mol. The maximum atomic E-state index is 12.6. The lowest BCUT2D eigenvalue weighted by Gasteiger charge is -2.35. The van der Waals surface area contributed by atoms with Crippen molar-refractivity contribution < 1.29 is 9.59 Å². The minimum Gasteiger partial charge on any atom is -0.323 e. The van der Waals surface area contributed by atoms with Gasteiger partial charge in [-0.3, -0.25) is 19.4 Å². The second-order valence-corrected chi connectivity index (χ2v) is 5.86. The molecule has 0 spiro atoms. The summed E-state index contributed by atoms with van der Waals surface area (Å²) in [5, 5.41) is 2.81. The van der Waals surface area contributed by atoms with Gasteiger partial charge in [0.1, 0.15) is 6.54 Å². The van der Waals surface area contributed by atoms with Crippen LogP contribution in [0.4, 0.5) is 11.4 Å². The third kappa shape index (κ3) is 2.93. The number of carbonyl (C=O) groups excluding carboxylic acids is 2. The molecule has 1 atom stereocenters. The summed E-state index contributed by atoms with van der Waals surface area (Å²) in [7, 11) is 0. The number of amides is 2. The second-order valence-electron chi connectivity index (χ2n) is 5.86. The molecule has 1 N–H and O–H groups in total. The van der Waals surface area contributed by atoms with Gasteiger partial charge < -0.3 is 5.32 Å². The predicted molar refractivity (Wildman–Crippen MR) is 82.3 cm³/mol. The Bertz CT molecular complexity index is 558. The first-order valence-corrected chi connectivity index (χ1v) is 7.58. The third-order valence-corrected chi connectivity index (χ3v) is 4.35. The quantitative estimate of drug-likeness (QED) is 0.903. The number of para-hydroxylation sites is 2. The van der Waals surface area contributed by atoms with Gasteiger partial charge in [0.05, 0.1) is 17.9 Å². The molecule has 0 aliphatic carbocycles. The highest BCUT2D eigenvalue weighted by atomic mass is 16.2. The second kappa shape index (κ2) is 5.85. The van der Waals surface area contributed by atoms with Crippen molar-refractivity contribution in [3.8, 4) is 0 Å². The molecule has 0 saturated carbocycles. The molecule has 0 radical (unpaired) electrons. The summed E-state index contributed by atoms with van der Waals surface area (Å²) < 4.78 is 0. The molecule has 3 rings (SSSR count). The van der Waals surface area contributed by atoms with Crippen LogP contribution in [0.3, 0.4) is 0 Å². The zero-order valence-corrected chi connectivity index (χ0v) is 12.3. The van der Waals surface area contributed by atoms with Crippen LogP contribution in [-0.4, -0.2) is 42.4 Å². The van der Waals surface area contributed by atoms with E-state index in [-0.39, 0.29) is 18.4 Å². The van der Waals surface area contributed by atoms with Crippen molar-refractivity contribution in [2.24, 2.45) is 0 Å². The Balaban J connectivity index is 1.77. The van der Waals surface area contributed by atoms with Crippen LogP contribution in [0, 0.1) is 0 Å². The van der Waals surface area contributed by atoms with E-state index in [1.165, 1.54) is 6.42 Å². The SMILES string of the molecule is CC1CCCCN1CC(=O)N1CC(=O)Nc2ccccc21. The van der Waals surface area contributed by atoms with E-state index in [9.17, 15) is 9.59 Å². The first-order chi connectivity index (χ1) is 10.1. The standard InChI is InChI=1S/C16H21N3O2/c1-12-6-4-5-9-18(12)11-16(21)19-10-15(20)17-13-7-2-3-8-14(13)19/h2-3,7-8,12H,4-6,9-11H2,1H3,(H,17,20). The van der Waals surface area contributed by atoms with E-state index < -0.39 is 0 Å². The number of hydrogen-bond acceptors (Lipinski definition) is 3. The van der Waals surface area contributed by atoms with Gasteiger partial charge in [-0.1, -0.05) is 18.6 Å². The van der Waals surface area contributed by atoms with E-state index >= 15 is 0 Å². The summed E-state index contributed by atoms with van der Waals surface area (Å²) in [6, 6.07) is 7.90. The zero-order chi connectivity index (χ0) is 14.8. The van der Waals surface area contributed by atoms with Crippen molar-refractivity contribution >= 4 is 23.2 Å². The minimum absolute atomic E-state index is 0.00560. The number of benzene rings is 1. The van der Waals surface area contributed by atoms with Crippen molar-refractivity contribution in [3.05, 3.63) is 24.3 Å². The van der Waals surface area contributed by atoms with Crippen LogP contribution in [0.25, 0.3) is 0 Å². The van der Waals surface area contributed by atoms with Gasteiger partial charge in [0, 0.05) is 6.04 Å². The molecule has 2 amide bonds. The Morgan fingerprint density at radius 3 is 2.95 bits per heavy atom. The van der Waals surface area contributed by atoms with Crippen LogP contribution in [0.5, 0.6) is 0 Å². The van der Waals surface area contributed by atoms with E-state index in [0.717, 1.165) is 25.1 Å². The van der Waals surface area contributed by atoms with Crippen LogP contribution in [-0.2, 0) is 9.59 Å².